The van der Waals surface area contributed by atoms with Crippen molar-refractivity contribution < 1.29 is 36.6 Å². The van der Waals surface area contributed by atoms with E-state index in [1.165, 1.54) is 38.5 Å². The molecule has 2 aromatic carbocycles. The van der Waals surface area contributed by atoms with Gasteiger partial charge >= 0.3 is 12.1 Å². The van der Waals surface area contributed by atoms with Crippen molar-refractivity contribution in [3.8, 4) is 5.75 Å². The van der Waals surface area contributed by atoms with Crippen LogP contribution in [0.4, 0.5) is 17.6 Å². The third kappa shape index (κ3) is 4.51. The average molecular weight is 522 g/mol. The first kappa shape index (κ1) is 26.4. The summed E-state index contributed by atoms with van der Waals surface area (Å²) in [5, 5.41) is 0. The molecular weight excluding hydrogens is 494 g/mol. The Morgan fingerprint density at radius 1 is 1.14 bits per heavy atom. The zero-order valence-corrected chi connectivity index (χ0v) is 21.0. The normalized spacial score (nSPS) is 14.9. The Hall–Kier alpha value is -3.63. The number of nitrogens with zero attached hydrogens (tertiary/aromatic N) is 2. The van der Waals surface area contributed by atoms with Crippen LogP contribution < -0.4 is 4.74 Å². The van der Waals surface area contributed by atoms with Gasteiger partial charge in [0.05, 0.1) is 30.7 Å². The fourth-order valence-electron chi connectivity index (χ4n) is 4.62. The number of ether oxygens (including phenoxy) is 2. The molecule has 0 aliphatic heterocycles. The molecule has 0 radical (unpaired) electrons. The van der Waals surface area contributed by atoms with Crippen LogP contribution in [-0.2, 0) is 21.4 Å². The van der Waals surface area contributed by atoms with Crippen molar-refractivity contribution in [1.29, 1.82) is 0 Å². The summed E-state index contributed by atoms with van der Waals surface area (Å²) in [6.45, 7) is 3.20. The fourth-order valence-corrected chi connectivity index (χ4v) is 4.62. The molecule has 0 bridgehead atoms. The lowest BCUT2D eigenvalue weighted by atomic mass is 9.82. The third-order valence-electron chi connectivity index (χ3n) is 7.04. The number of aromatic amines is 1. The van der Waals surface area contributed by atoms with E-state index in [0.717, 1.165) is 11.9 Å². The van der Waals surface area contributed by atoms with Crippen LogP contribution in [0.2, 0.25) is 0 Å². The number of H-pyrrole nitrogens is 1. The molecule has 4 rings (SSSR count). The number of carbonyl (C=O) groups is 2. The Morgan fingerprint density at radius 3 is 2.38 bits per heavy atom. The quantitative estimate of drug-likeness (QED) is 0.353. The number of fused-ring (bicyclic) bond motifs is 1. The van der Waals surface area contributed by atoms with Crippen LogP contribution in [0.25, 0.3) is 11.0 Å². The minimum atomic E-state index is -4.51. The van der Waals surface area contributed by atoms with Crippen molar-refractivity contribution in [2.24, 2.45) is 0 Å². The first-order valence-electron chi connectivity index (χ1n) is 11.5. The predicted octanol–water partition coefficient (Wildman–Crippen LogP) is 4.92. The SMILES string of the molecule is COC(=O)C(C)(C)c1cc(F)cc(Cc2nc3cc(C(=O)N(C)C4(C(F)(F)F)CC4)ccc3[nH]2)c1OC. The second-order valence-electron chi connectivity index (χ2n) is 9.75. The van der Waals surface area contributed by atoms with Crippen molar-refractivity contribution >= 4 is 22.9 Å². The van der Waals surface area contributed by atoms with Crippen molar-refractivity contribution in [3.63, 3.8) is 0 Å². The fraction of sp³-hybridized carbons (Fsp3) is 0.423. The van der Waals surface area contributed by atoms with Crippen LogP contribution in [-0.4, -0.2) is 59.7 Å². The number of rotatable bonds is 7. The van der Waals surface area contributed by atoms with E-state index in [1.807, 2.05) is 0 Å². The first-order chi connectivity index (χ1) is 17.2. The van der Waals surface area contributed by atoms with Gasteiger partial charge in [0.2, 0.25) is 0 Å². The highest BCUT2D eigenvalue weighted by atomic mass is 19.4. The first-order valence-corrected chi connectivity index (χ1v) is 11.5. The highest BCUT2D eigenvalue weighted by Crippen LogP contribution is 2.53. The maximum atomic E-state index is 14.6. The van der Waals surface area contributed by atoms with Gasteiger partial charge in [0, 0.05) is 30.2 Å². The van der Waals surface area contributed by atoms with Gasteiger partial charge < -0.3 is 19.4 Å². The minimum Gasteiger partial charge on any atom is -0.496 e. The lowest BCUT2D eigenvalue weighted by Gasteiger charge is -2.30. The highest BCUT2D eigenvalue weighted by molar-refractivity contribution is 5.98. The molecule has 1 amide bonds. The molecule has 0 atom stereocenters. The van der Waals surface area contributed by atoms with Crippen LogP contribution in [0.3, 0.4) is 0 Å². The molecule has 1 aliphatic carbocycles. The van der Waals surface area contributed by atoms with Crippen molar-refractivity contribution in [1.82, 2.24) is 14.9 Å². The van der Waals surface area contributed by atoms with E-state index in [1.54, 1.807) is 19.9 Å². The Balaban J connectivity index is 1.66. The number of esters is 1. The van der Waals surface area contributed by atoms with Crippen molar-refractivity contribution in [2.45, 2.75) is 50.2 Å². The zero-order chi connectivity index (χ0) is 27.3. The number of amides is 1. The standard InChI is InChI=1S/C26H27F4N3O4/c1-24(2,23(35)37-5)17-13-16(27)10-15(21(17)36-4)12-20-31-18-7-6-14(11-19(18)32-20)22(34)33(3)25(8-9-25)26(28,29)30/h6-7,10-11,13H,8-9,12H2,1-5H3,(H,31,32). The smallest absolute Gasteiger partial charge is 0.411 e. The summed E-state index contributed by atoms with van der Waals surface area (Å²) >= 11 is 0. The molecule has 1 aliphatic rings. The molecule has 7 nitrogen and oxygen atoms in total. The maximum absolute atomic E-state index is 14.6. The number of benzene rings is 2. The maximum Gasteiger partial charge on any atom is 0.411 e. The van der Waals surface area contributed by atoms with Crippen LogP contribution >= 0.6 is 0 Å². The molecule has 1 heterocycles. The molecule has 198 valence electrons. The predicted molar refractivity (Wildman–Crippen MR) is 127 cm³/mol. The number of aromatic nitrogens is 2. The van der Waals surface area contributed by atoms with E-state index in [4.69, 9.17) is 9.47 Å². The van der Waals surface area contributed by atoms with E-state index in [2.05, 4.69) is 9.97 Å². The second kappa shape index (κ2) is 9.04. The Labute approximate surface area is 210 Å². The Morgan fingerprint density at radius 2 is 1.81 bits per heavy atom. The molecule has 3 aromatic rings. The Kier molecular flexibility index (Phi) is 6.46. The van der Waals surface area contributed by atoms with Crippen molar-refractivity contribution in [3.05, 3.63) is 58.7 Å². The third-order valence-corrected chi connectivity index (χ3v) is 7.04. The van der Waals surface area contributed by atoms with Gasteiger partial charge in [-0.1, -0.05) is 0 Å². The van der Waals surface area contributed by atoms with Gasteiger partial charge in [-0.3, -0.25) is 9.59 Å². The molecule has 11 heteroatoms. The highest BCUT2D eigenvalue weighted by Gasteiger charge is 2.67. The van der Waals surface area contributed by atoms with E-state index < -0.39 is 34.8 Å². The van der Waals surface area contributed by atoms with Gasteiger partial charge in [0.25, 0.3) is 5.91 Å². The number of methoxy groups -OCH3 is 2. The monoisotopic (exact) mass is 521 g/mol. The molecule has 37 heavy (non-hydrogen) atoms. The summed E-state index contributed by atoms with van der Waals surface area (Å²) in [6, 6.07) is 6.93. The summed E-state index contributed by atoms with van der Waals surface area (Å²) in [5.41, 5.74) is -1.59. The van der Waals surface area contributed by atoms with Crippen LogP contribution in [0.5, 0.6) is 5.75 Å². The molecule has 0 spiro atoms. The van der Waals surface area contributed by atoms with Gasteiger partial charge in [-0.2, -0.15) is 13.2 Å². The Bertz CT molecular complexity index is 1380. The summed E-state index contributed by atoms with van der Waals surface area (Å²) in [5.74, 6) is -1.17. The van der Waals surface area contributed by atoms with Crippen LogP contribution in [0.1, 0.15) is 54.0 Å². The number of hydrogen-bond donors (Lipinski definition) is 1. The summed E-state index contributed by atoms with van der Waals surface area (Å²) in [4.78, 5) is 33.5. The largest absolute Gasteiger partial charge is 0.496 e. The summed E-state index contributed by atoms with van der Waals surface area (Å²) in [7, 11) is 3.82. The summed E-state index contributed by atoms with van der Waals surface area (Å²) < 4.78 is 65.4. The van der Waals surface area contributed by atoms with E-state index in [0.29, 0.717) is 33.7 Å². The number of imidazole rings is 1. The minimum absolute atomic E-state index is 0.0778. The lowest BCUT2D eigenvalue weighted by molar-refractivity contribution is -0.185. The lowest BCUT2D eigenvalue weighted by Crippen LogP contribution is -2.49. The number of hydrogen-bond acceptors (Lipinski definition) is 5. The number of halogens is 4. The van der Waals surface area contributed by atoms with Crippen molar-refractivity contribution in [2.75, 3.05) is 21.3 Å². The van der Waals surface area contributed by atoms with Gasteiger partial charge in [-0.05, 0) is 57.0 Å². The van der Waals surface area contributed by atoms with Crippen LogP contribution in [0.15, 0.2) is 30.3 Å². The summed E-state index contributed by atoms with van der Waals surface area (Å²) in [6.07, 6.45) is -4.66. The van der Waals surface area contributed by atoms with Gasteiger partial charge in [-0.15, -0.1) is 0 Å². The van der Waals surface area contributed by atoms with Gasteiger partial charge in [0.1, 0.15) is 22.9 Å². The molecular formula is C26H27F4N3O4. The number of nitrogens with one attached hydrogen (secondary N) is 1. The molecule has 1 fully saturated rings. The number of alkyl halides is 3. The number of carbonyl (C=O) groups excluding carboxylic acids is 2. The van der Waals surface area contributed by atoms with E-state index >= 15 is 0 Å². The molecule has 1 aromatic heterocycles. The van der Waals surface area contributed by atoms with Gasteiger partial charge in [0.15, 0.2) is 0 Å². The van der Waals surface area contributed by atoms with Crippen LogP contribution in [0, 0.1) is 5.82 Å². The average Bonchev–Trinajstić information content (AvgIpc) is 3.57. The molecule has 1 saturated carbocycles. The topological polar surface area (TPSA) is 84.5 Å². The second-order valence-corrected chi connectivity index (χ2v) is 9.75. The molecule has 1 N–H and O–H groups in total. The van der Waals surface area contributed by atoms with Gasteiger partial charge in [-0.25, -0.2) is 9.37 Å². The van der Waals surface area contributed by atoms with E-state index in [9.17, 15) is 27.2 Å². The molecule has 0 unspecified atom stereocenters. The van der Waals surface area contributed by atoms with E-state index in [-0.39, 0.29) is 24.8 Å². The zero-order valence-electron chi connectivity index (χ0n) is 21.0. The molecule has 0 saturated heterocycles.